The maximum Gasteiger partial charge on any atom is 0.332 e. The smallest absolute Gasteiger partial charge is 0.332 e. The largest absolute Gasteiger partial charge is 0.478 e. The van der Waals surface area contributed by atoms with Gasteiger partial charge in [-0.05, 0) is 61.7 Å². The first kappa shape index (κ1) is 23.1. The molecule has 0 aromatic heterocycles. The fourth-order valence-corrected chi connectivity index (χ4v) is 4.39. The van der Waals surface area contributed by atoms with Gasteiger partial charge in [0, 0.05) is 29.2 Å². The Balaban J connectivity index is 2.59. The summed E-state index contributed by atoms with van der Waals surface area (Å²) in [6.45, 7) is 4.90. The molecule has 2 aromatic rings. The number of sulfonamides is 1. The van der Waals surface area contributed by atoms with Crippen molar-refractivity contribution < 1.29 is 23.4 Å². The number of aliphatic hydroxyl groups excluding tert-OH is 1. The van der Waals surface area contributed by atoms with E-state index >= 15 is 0 Å². The number of benzene rings is 2. The van der Waals surface area contributed by atoms with E-state index in [1.54, 1.807) is 57.2 Å². The van der Waals surface area contributed by atoms with E-state index in [1.807, 2.05) is 0 Å². The van der Waals surface area contributed by atoms with E-state index in [4.69, 9.17) is 11.6 Å². The average molecular weight is 438 g/mol. The molecule has 0 saturated heterocycles. The van der Waals surface area contributed by atoms with Gasteiger partial charge in [0.05, 0.1) is 4.90 Å². The molecule has 0 spiro atoms. The Morgan fingerprint density at radius 2 is 1.48 bits per heavy atom. The molecule has 0 atom stereocenters. The summed E-state index contributed by atoms with van der Waals surface area (Å²) in [6.07, 6.45) is -0.0566. The third-order valence-electron chi connectivity index (χ3n) is 3.95. The minimum atomic E-state index is -3.72. The summed E-state index contributed by atoms with van der Waals surface area (Å²) in [5, 5.41) is 19.5. The van der Waals surface area contributed by atoms with Crippen LogP contribution < -0.4 is 4.72 Å². The molecule has 0 aliphatic carbocycles. The number of carboxylic acid groups (broad SMARTS) is 1. The van der Waals surface area contributed by atoms with E-state index < -0.39 is 21.5 Å². The first-order chi connectivity index (χ1) is 13.4. The molecule has 6 nitrogen and oxygen atoms in total. The van der Waals surface area contributed by atoms with Gasteiger partial charge >= 0.3 is 5.97 Å². The molecule has 0 bridgehead atoms. The Hall–Kier alpha value is -2.19. The van der Waals surface area contributed by atoms with Crippen LogP contribution in [0.4, 0.5) is 0 Å². The van der Waals surface area contributed by atoms with E-state index in [9.17, 15) is 23.4 Å². The molecule has 0 radical (unpaired) electrons. The van der Waals surface area contributed by atoms with Crippen LogP contribution in [0.5, 0.6) is 0 Å². The van der Waals surface area contributed by atoms with Crippen LogP contribution in [0.2, 0.25) is 5.02 Å². The summed E-state index contributed by atoms with van der Waals surface area (Å²) in [7, 11) is -3.72. The first-order valence-corrected chi connectivity index (χ1v) is 10.8. The molecule has 0 aliphatic rings. The number of halogens is 1. The van der Waals surface area contributed by atoms with Gasteiger partial charge in [-0.15, -0.1) is 0 Å². The van der Waals surface area contributed by atoms with Crippen molar-refractivity contribution in [2.24, 2.45) is 0 Å². The van der Waals surface area contributed by atoms with Crippen molar-refractivity contribution in [1.29, 1.82) is 0 Å². The molecule has 156 valence electrons. The highest BCUT2D eigenvalue weighted by atomic mass is 35.5. The molecule has 2 rings (SSSR count). The normalized spacial score (nSPS) is 13.1. The quantitative estimate of drug-likeness (QED) is 0.573. The Morgan fingerprint density at radius 1 is 1.00 bits per heavy atom. The molecule has 0 unspecified atom stereocenters. The predicted molar refractivity (Wildman–Crippen MR) is 113 cm³/mol. The third-order valence-corrected chi connectivity index (χ3v) is 5.97. The molecule has 0 aliphatic heterocycles. The molecule has 0 amide bonds. The van der Waals surface area contributed by atoms with Gasteiger partial charge in [0.1, 0.15) is 0 Å². The molecule has 0 fully saturated rings. The minimum Gasteiger partial charge on any atom is -0.478 e. The molecule has 0 saturated carbocycles. The summed E-state index contributed by atoms with van der Waals surface area (Å²) in [5.74, 6) is -1.16. The lowest BCUT2D eigenvalue weighted by Crippen LogP contribution is -2.40. The van der Waals surface area contributed by atoms with Gasteiger partial charge in [0.2, 0.25) is 10.0 Å². The standard InChI is InChI=1S/C21H24ClNO5S/c1-21(2,3)23-29(27,28)17-10-6-15(7-11-17)19(18(12-13-24)20(25)26)14-4-8-16(22)9-5-14/h4-11,23-24H,12-13H2,1-3H3,(H,25,26). The lowest BCUT2D eigenvalue weighted by atomic mass is 9.91. The first-order valence-electron chi connectivity index (χ1n) is 8.92. The molecule has 8 heteroatoms. The van der Waals surface area contributed by atoms with Gasteiger partial charge in [0.25, 0.3) is 0 Å². The van der Waals surface area contributed by atoms with Crippen molar-refractivity contribution in [3.63, 3.8) is 0 Å². The van der Waals surface area contributed by atoms with Crippen LogP contribution in [0.3, 0.4) is 0 Å². The monoisotopic (exact) mass is 437 g/mol. The van der Waals surface area contributed by atoms with Crippen LogP contribution in [-0.4, -0.2) is 36.7 Å². The number of aliphatic hydroxyl groups is 1. The molecule has 0 heterocycles. The Kier molecular flexibility index (Phi) is 7.24. The average Bonchev–Trinajstić information content (AvgIpc) is 2.61. The second-order valence-corrected chi connectivity index (χ2v) is 9.64. The predicted octanol–water partition coefficient (Wildman–Crippen LogP) is 3.69. The van der Waals surface area contributed by atoms with Gasteiger partial charge in [-0.1, -0.05) is 35.9 Å². The summed E-state index contributed by atoms with van der Waals surface area (Å²) < 4.78 is 27.6. The van der Waals surface area contributed by atoms with Crippen molar-refractivity contribution in [3.8, 4) is 0 Å². The highest BCUT2D eigenvalue weighted by Gasteiger charge is 2.23. The Bertz CT molecular complexity index is 1000. The van der Waals surface area contributed by atoms with Crippen molar-refractivity contribution >= 4 is 33.2 Å². The summed E-state index contributed by atoms with van der Waals surface area (Å²) in [4.78, 5) is 11.9. The maximum absolute atomic E-state index is 12.5. The SMILES string of the molecule is CC(C)(C)NS(=O)(=O)c1ccc(C(=C(CCO)C(=O)O)c2ccc(Cl)cc2)cc1. The van der Waals surface area contributed by atoms with Crippen LogP contribution in [0.25, 0.3) is 5.57 Å². The van der Waals surface area contributed by atoms with Crippen molar-refractivity contribution in [1.82, 2.24) is 4.72 Å². The number of aliphatic carboxylic acids is 1. The van der Waals surface area contributed by atoms with Gasteiger partial charge in [0.15, 0.2) is 0 Å². The summed E-state index contributed by atoms with van der Waals surface area (Å²) >= 11 is 5.94. The fourth-order valence-electron chi connectivity index (χ4n) is 2.85. The van der Waals surface area contributed by atoms with Gasteiger partial charge in [-0.2, -0.15) is 0 Å². The number of nitrogens with one attached hydrogen (secondary N) is 1. The number of carbonyl (C=O) groups is 1. The van der Waals surface area contributed by atoms with E-state index in [0.717, 1.165) is 0 Å². The fraction of sp³-hybridized carbons (Fsp3) is 0.286. The molecular formula is C21H24ClNO5S. The lowest BCUT2D eigenvalue weighted by molar-refractivity contribution is -0.132. The second-order valence-electron chi connectivity index (χ2n) is 7.52. The number of hydrogen-bond donors (Lipinski definition) is 3. The molecule has 29 heavy (non-hydrogen) atoms. The molecular weight excluding hydrogens is 414 g/mol. The minimum absolute atomic E-state index is 0.0262. The zero-order chi connectivity index (χ0) is 21.8. The van der Waals surface area contributed by atoms with Gasteiger partial charge < -0.3 is 10.2 Å². The lowest BCUT2D eigenvalue weighted by Gasteiger charge is -2.20. The highest BCUT2D eigenvalue weighted by Crippen LogP contribution is 2.30. The number of carboxylic acids is 1. The zero-order valence-corrected chi connectivity index (χ0v) is 18.0. The van der Waals surface area contributed by atoms with Crippen LogP contribution in [-0.2, 0) is 14.8 Å². The van der Waals surface area contributed by atoms with Crippen LogP contribution >= 0.6 is 11.6 Å². The Morgan fingerprint density at radius 3 is 1.90 bits per heavy atom. The van der Waals surface area contributed by atoms with Crippen molar-refractivity contribution in [2.45, 2.75) is 37.6 Å². The van der Waals surface area contributed by atoms with E-state index in [1.165, 1.54) is 12.1 Å². The molecule has 3 N–H and O–H groups in total. The van der Waals surface area contributed by atoms with Crippen LogP contribution in [0.1, 0.15) is 38.3 Å². The van der Waals surface area contributed by atoms with Gasteiger partial charge in [-0.25, -0.2) is 17.9 Å². The summed E-state index contributed by atoms with van der Waals surface area (Å²) in [5.41, 5.74) is 0.912. The van der Waals surface area contributed by atoms with Crippen LogP contribution in [0.15, 0.2) is 59.0 Å². The second kappa shape index (κ2) is 9.09. The molecule has 2 aromatic carbocycles. The number of rotatable bonds is 7. The van der Waals surface area contributed by atoms with E-state index in [2.05, 4.69) is 4.72 Å². The van der Waals surface area contributed by atoms with Crippen LogP contribution in [0, 0.1) is 0 Å². The maximum atomic E-state index is 12.5. The number of hydrogen-bond acceptors (Lipinski definition) is 4. The highest BCUT2D eigenvalue weighted by molar-refractivity contribution is 7.89. The van der Waals surface area contributed by atoms with Gasteiger partial charge in [-0.3, -0.25) is 0 Å². The summed E-state index contributed by atoms with van der Waals surface area (Å²) in [6, 6.07) is 12.6. The topological polar surface area (TPSA) is 104 Å². The van der Waals surface area contributed by atoms with Crippen molar-refractivity contribution in [2.75, 3.05) is 6.61 Å². The third kappa shape index (κ3) is 6.14. The van der Waals surface area contributed by atoms with E-state index in [-0.39, 0.29) is 23.5 Å². The van der Waals surface area contributed by atoms with Crippen molar-refractivity contribution in [3.05, 3.63) is 70.3 Å². The van der Waals surface area contributed by atoms with E-state index in [0.29, 0.717) is 21.7 Å². The zero-order valence-electron chi connectivity index (χ0n) is 16.4. The Labute approximate surface area is 175 Å².